The van der Waals surface area contributed by atoms with Crippen LogP contribution in [0.1, 0.15) is 32.1 Å². The van der Waals surface area contributed by atoms with E-state index in [0.717, 1.165) is 37.1 Å². The first-order chi connectivity index (χ1) is 8.71. The minimum atomic E-state index is -0.249. The monoisotopic (exact) mass is 264 g/mol. The normalized spacial score (nSPS) is 21.7. The van der Waals surface area contributed by atoms with E-state index in [-0.39, 0.29) is 11.3 Å². The molecule has 1 fully saturated rings. The highest BCUT2D eigenvalue weighted by Gasteiger charge is 2.41. The van der Waals surface area contributed by atoms with Crippen LogP contribution in [0.25, 0.3) is 0 Å². The van der Waals surface area contributed by atoms with Gasteiger partial charge in [-0.2, -0.15) is 0 Å². The summed E-state index contributed by atoms with van der Waals surface area (Å²) in [6.45, 7) is 0.714. The first-order valence-corrected chi connectivity index (χ1v) is 6.93. The van der Waals surface area contributed by atoms with Crippen LogP contribution in [0.3, 0.4) is 0 Å². The fraction of sp³-hybridized carbons (Fsp3) is 0.500. The van der Waals surface area contributed by atoms with Gasteiger partial charge in [0, 0.05) is 6.54 Å². The predicted molar refractivity (Wildman–Crippen MR) is 74.1 cm³/mol. The van der Waals surface area contributed by atoms with E-state index < -0.39 is 0 Å². The molecule has 1 heterocycles. The van der Waals surface area contributed by atoms with E-state index >= 15 is 0 Å². The van der Waals surface area contributed by atoms with Gasteiger partial charge in [0.25, 0.3) is 0 Å². The molecule has 2 aliphatic rings. The lowest BCUT2D eigenvalue weighted by Gasteiger charge is -2.34. The maximum absolute atomic E-state index is 12.5. The fourth-order valence-electron chi connectivity index (χ4n) is 3.02. The van der Waals surface area contributed by atoms with Gasteiger partial charge in [-0.3, -0.25) is 4.79 Å². The smallest absolute Gasteiger partial charge is 0.232 e. The van der Waals surface area contributed by atoms with Gasteiger partial charge in [-0.1, -0.05) is 36.9 Å². The number of rotatable bonds is 0. The SMILES string of the molecule is O=C1Nc2c(Cl)cccc2NCC12CCCCC2. The second kappa shape index (κ2) is 4.47. The summed E-state index contributed by atoms with van der Waals surface area (Å²) in [7, 11) is 0. The molecule has 96 valence electrons. The summed E-state index contributed by atoms with van der Waals surface area (Å²) < 4.78 is 0. The van der Waals surface area contributed by atoms with Crippen molar-refractivity contribution in [2.24, 2.45) is 5.41 Å². The highest BCUT2D eigenvalue weighted by atomic mass is 35.5. The van der Waals surface area contributed by atoms with Crippen molar-refractivity contribution in [2.75, 3.05) is 17.2 Å². The van der Waals surface area contributed by atoms with Crippen LogP contribution in [0, 0.1) is 5.41 Å². The lowest BCUT2D eigenvalue weighted by molar-refractivity contribution is -0.126. The molecule has 0 saturated heterocycles. The molecule has 3 rings (SSSR count). The van der Waals surface area contributed by atoms with Gasteiger partial charge in [0.1, 0.15) is 0 Å². The van der Waals surface area contributed by atoms with E-state index in [0.29, 0.717) is 11.6 Å². The van der Waals surface area contributed by atoms with Crippen LogP contribution in [-0.4, -0.2) is 12.5 Å². The lowest BCUT2D eigenvalue weighted by atomic mass is 9.73. The predicted octanol–water partition coefficient (Wildman–Crippen LogP) is 3.65. The third-order valence-corrected chi connectivity index (χ3v) is 4.48. The molecule has 1 saturated carbocycles. The number of amides is 1. The molecule has 1 aromatic rings. The van der Waals surface area contributed by atoms with Crippen molar-refractivity contribution in [3.8, 4) is 0 Å². The highest BCUT2D eigenvalue weighted by Crippen LogP contribution is 2.42. The van der Waals surface area contributed by atoms with Gasteiger partial charge in [0.05, 0.1) is 21.8 Å². The molecular weight excluding hydrogens is 248 g/mol. The van der Waals surface area contributed by atoms with Gasteiger partial charge < -0.3 is 10.6 Å². The summed E-state index contributed by atoms with van der Waals surface area (Å²) in [5.74, 6) is 0.126. The Morgan fingerprint density at radius 3 is 2.72 bits per heavy atom. The molecule has 0 aromatic heterocycles. The number of hydrogen-bond acceptors (Lipinski definition) is 2. The largest absolute Gasteiger partial charge is 0.382 e. The molecule has 1 aliphatic carbocycles. The standard InChI is InChI=1S/C14H17ClN2O/c15-10-5-4-6-11-12(10)17-13(18)14(9-16-11)7-2-1-3-8-14/h4-6,16H,1-3,7-9H2,(H,17,18). The van der Waals surface area contributed by atoms with Gasteiger partial charge in [0.2, 0.25) is 5.91 Å². The van der Waals surface area contributed by atoms with Gasteiger partial charge >= 0.3 is 0 Å². The summed E-state index contributed by atoms with van der Waals surface area (Å²) in [5, 5.41) is 7.01. The Morgan fingerprint density at radius 2 is 1.94 bits per heavy atom. The number of carbonyl (C=O) groups is 1. The maximum Gasteiger partial charge on any atom is 0.232 e. The first-order valence-electron chi connectivity index (χ1n) is 6.55. The van der Waals surface area contributed by atoms with Crippen molar-refractivity contribution >= 4 is 28.9 Å². The topological polar surface area (TPSA) is 41.1 Å². The van der Waals surface area contributed by atoms with E-state index in [1.165, 1.54) is 6.42 Å². The van der Waals surface area contributed by atoms with E-state index in [2.05, 4.69) is 10.6 Å². The van der Waals surface area contributed by atoms with Crippen molar-refractivity contribution < 1.29 is 4.79 Å². The minimum Gasteiger partial charge on any atom is -0.382 e. The molecule has 3 nitrogen and oxygen atoms in total. The van der Waals surface area contributed by atoms with Crippen LogP contribution in [0.5, 0.6) is 0 Å². The average Bonchev–Trinajstić information content (AvgIpc) is 2.52. The molecular formula is C14H17ClN2O. The van der Waals surface area contributed by atoms with Crippen molar-refractivity contribution in [2.45, 2.75) is 32.1 Å². The van der Waals surface area contributed by atoms with Crippen LogP contribution in [0.2, 0.25) is 5.02 Å². The minimum absolute atomic E-state index is 0.126. The summed E-state index contributed by atoms with van der Waals surface area (Å²) in [6.07, 6.45) is 5.45. The molecule has 18 heavy (non-hydrogen) atoms. The van der Waals surface area contributed by atoms with Gasteiger partial charge in [-0.15, -0.1) is 0 Å². The fourth-order valence-corrected chi connectivity index (χ4v) is 3.24. The second-order valence-corrected chi connectivity index (χ2v) is 5.72. The van der Waals surface area contributed by atoms with Gasteiger partial charge in [-0.05, 0) is 25.0 Å². The van der Waals surface area contributed by atoms with Crippen molar-refractivity contribution in [3.05, 3.63) is 23.2 Å². The number of fused-ring (bicyclic) bond motifs is 1. The summed E-state index contributed by atoms with van der Waals surface area (Å²) in [6, 6.07) is 5.67. The summed E-state index contributed by atoms with van der Waals surface area (Å²) >= 11 is 6.15. The van der Waals surface area contributed by atoms with E-state index in [1.807, 2.05) is 12.1 Å². The van der Waals surface area contributed by atoms with Crippen molar-refractivity contribution in [1.82, 2.24) is 0 Å². The Hall–Kier alpha value is -1.22. The van der Waals surface area contributed by atoms with E-state index in [4.69, 9.17) is 11.6 Å². The number of hydrogen-bond donors (Lipinski definition) is 2. The number of halogens is 1. The van der Waals surface area contributed by atoms with Crippen LogP contribution in [0.15, 0.2) is 18.2 Å². The van der Waals surface area contributed by atoms with Crippen molar-refractivity contribution in [1.29, 1.82) is 0 Å². The summed E-state index contributed by atoms with van der Waals surface area (Å²) in [5.41, 5.74) is 1.41. The zero-order valence-corrected chi connectivity index (χ0v) is 11.0. The Balaban J connectivity index is 1.95. The molecule has 1 aromatic carbocycles. The highest BCUT2D eigenvalue weighted by molar-refractivity contribution is 6.34. The Bertz CT molecular complexity index is 481. The molecule has 4 heteroatoms. The Morgan fingerprint density at radius 1 is 1.17 bits per heavy atom. The first kappa shape index (κ1) is 11.8. The molecule has 0 atom stereocenters. The summed E-state index contributed by atoms with van der Waals surface area (Å²) in [4.78, 5) is 12.5. The van der Waals surface area contributed by atoms with Gasteiger partial charge in [-0.25, -0.2) is 0 Å². The van der Waals surface area contributed by atoms with Gasteiger partial charge in [0.15, 0.2) is 0 Å². The molecule has 2 N–H and O–H groups in total. The molecule has 1 aliphatic heterocycles. The molecule has 1 spiro atoms. The average molecular weight is 265 g/mol. The van der Waals surface area contributed by atoms with Crippen LogP contribution >= 0.6 is 11.6 Å². The Kier molecular flexibility index (Phi) is 2.94. The maximum atomic E-state index is 12.5. The second-order valence-electron chi connectivity index (χ2n) is 5.31. The Labute approximate surface area is 112 Å². The van der Waals surface area contributed by atoms with E-state index in [1.54, 1.807) is 6.07 Å². The molecule has 0 bridgehead atoms. The van der Waals surface area contributed by atoms with Crippen molar-refractivity contribution in [3.63, 3.8) is 0 Å². The van der Waals surface area contributed by atoms with E-state index in [9.17, 15) is 4.79 Å². The zero-order valence-electron chi connectivity index (χ0n) is 10.3. The number of benzene rings is 1. The van der Waals surface area contributed by atoms with Crippen LogP contribution in [0.4, 0.5) is 11.4 Å². The number of carbonyl (C=O) groups excluding carboxylic acids is 1. The number of nitrogens with one attached hydrogen (secondary N) is 2. The number of anilines is 2. The molecule has 0 unspecified atom stereocenters. The quantitative estimate of drug-likeness (QED) is 0.751. The third kappa shape index (κ3) is 1.87. The van der Waals surface area contributed by atoms with Crippen LogP contribution in [-0.2, 0) is 4.79 Å². The lowest BCUT2D eigenvalue weighted by Crippen LogP contribution is -2.41. The third-order valence-electron chi connectivity index (χ3n) is 4.16. The molecule has 1 amide bonds. The zero-order chi connectivity index (χ0) is 12.6. The molecule has 0 radical (unpaired) electrons. The van der Waals surface area contributed by atoms with Crippen LogP contribution < -0.4 is 10.6 Å². The number of para-hydroxylation sites is 1.